The Balaban J connectivity index is 2.61. The summed E-state index contributed by atoms with van der Waals surface area (Å²) >= 11 is 4.83. The Labute approximate surface area is 111 Å². The maximum Gasteiger partial charge on any atom is 0.321 e. The van der Waals surface area contributed by atoms with E-state index in [0.29, 0.717) is 11.5 Å². The second-order valence-corrected chi connectivity index (χ2v) is 4.57. The minimum absolute atomic E-state index is 0.0867. The average molecular weight is 269 g/mol. The van der Waals surface area contributed by atoms with Crippen LogP contribution in [-0.4, -0.2) is 29.5 Å². The molecular formula is C12H16FN3OS. The molecule has 0 saturated heterocycles. The Morgan fingerprint density at radius 3 is 2.72 bits per heavy atom. The van der Waals surface area contributed by atoms with Gasteiger partial charge in [-0.1, -0.05) is 31.3 Å². The normalized spacial score (nSPS) is 11.7. The van der Waals surface area contributed by atoms with E-state index in [0.717, 1.165) is 0 Å². The molecule has 0 saturated carbocycles. The number of urea groups is 1. The van der Waals surface area contributed by atoms with Crippen molar-refractivity contribution in [3.8, 4) is 0 Å². The van der Waals surface area contributed by atoms with E-state index in [1.807, 2.05) is 6.92 Å². The lowest BCUT2D eigenvalue weighted by molar-refractivity contribution is 0.220. The zero-order valence-corrected chi connectivity index (χ0v) is 11.1. The van der Waals surface area contributed by atoms with Crippen LogP contribution in [0.3, 0.4) is 0 Å². The van der Waals surface area contributed by atoms with Gasteiger partial charge in [-0.2, -0.15) is 0 Å². The van der Waals surface area contributed by atoms with E-state index < -0.39 is 11.8 Å². The second-order valence-electron chi connectivity index (χ2n) is 4.09. The van der Waals surface area contributed by atoms with Crippen LogP contribution in [0.1, 0.15) is 6.92 Å². The lowest BCUT2D eigenvalue weighted by atomic mass is 10.2. The number of para-hydroxylation sites is 1. The van der Waals surface area contributed by atoms with Gasteiger partial charge in [0.05, 0.1) is 10.7 Å². The number of carbonyl (C=O) groups is 1. The van der Waals surface area contributed by atoms with Crippen LogP contribution in [0.15, 0.2) is 24.3 Å². The number of anilines is 1. The molecule has 4 nitrogen and oxygen atoms in total. The Morgan fingerprint density at radius 2 is 2.17 bits per heavy atom. The van der Waals surface area contributed by atoms with Gasteiger partial charge in [0.2, 0.25) is 0 Å². The molecule has 1 rings (SSSR count). The van der Waals surface area contributed by atoms with Gasteiger partial charge in [-0.25, -0.2) is 9.18 Å². The standard InChI is InChI=1S/C12H16FN3OS/c1-8(11(14)18)7-16(2)12(17)15-10-6-4-3-5-9(10)13/h3-6,8H,7H2,1-2H3,(H2,14,18)(H,15,17). The number of thiocarbonyl (C=S) groups is 1. The fraction of sp³-hybridized carbons (Fsp3) is 0.333. The van der Waals surface area contributed by atoms with Crippen LogP contribution in [0.2, 0.25) is 0 Å². The van der Waals surface area contributed by atoms with Crippen LogP contribution in [-0.2, 0) is 0 Å². The molecule has 1 atom stereocenters. The Bertz CT molecular complexity index is 453. The number of amides is 2. The van der Waals surface area contributed by atoms with E-state index in [1.54, 1.807) is 19.2 Å². The second kappa shape index (κ2) is 6.30. The molecule has 0 aliphatic heterocycles. The van der Waals surface area contributed by atoms with Crippen molar-refractivity contribution in [3.63, 3.8) is 0 Å². The fourth-order valence-electron chi connectivity index (χ4n) is 1.36. The van der Waals surface area contributed by atoms with Crippen molar-refractivity contribution in [3.05, 3.63) is 30.1 Å². The van der Waals surface area contributed by atoms with Crippen LogP contribution in [0.5, 0.6) is 0 Å². The highest BCUT2D eigenvalue weighted by atomic mass is 32.1. The van der Waals surface area contributed by atoms with Gasteiger partial charge >= 0.3 is 6.03 Å². The van der Waals surface area contributed by atoms with Crippen LogP contribution < -0.4 is 11.1 Å². The lowest BCUT2D eigenvalue weighted by Crippen LogP contribution is -2.38. The molecule has 98 valence electrons. The van der Waals surface area contributed by atoms with Crippen molar-refractivity contribution in [2.75, 3.05) is 18.9 Å². The van der Waals surface area contributed by atoms with E-state index in [9.17, 15) is 9.18 Å². The number of nitrogens with two attached hydrogens (primary N) is 1. The van der Waals surface area contributed by atoms with Gasteiger partial charge in [0.15, 0.2) is 0 Å². The maximum atomic E-state index is 13.3. The van der Waals surface area contributed by atoms with Crippen LogP contribution >= 0.6 is 12.2 Å². The summed E-state index contributed by atoms with van der Waals surface area (Å²) < 4.78 is 13.3. The molecule has 0 aromatic heterocycles. The molecule has 0 spiro atoms. The quantitative estimate of drug-likeness (QED) is 0.824. The van der Waals surface area contributed by atoms with Gasteiger partial charge in [0, 0.05) is 19.5 Å². The zero-order chi connectivity index (χ0) is 13.7. The highest BCUT2D eigenvalue weighted by Gasteiger charge is 2.15. The van der Waals surface area contributed by atoms with E-state index in [4.69, 9.17) is 18.0 Å². The van der Waals surface area contributed by atoms with Crippen molar-refractivity contribution < 1.29 is 9.18 Å². The summed E-state index contributed by atoms with van der Waals surface area (Å²) in [6.45, 7) is 2.21. The molecule has 0 heterocycles. The number of nitrogens with one attached hydrogen (secondary N) is 1. The number of hydrogen-bond acceptors (Lipinski definition) is 2. The molecule has 1 unspecified atom stereocenters. The van der Waals surface area contributed by atoms with Gasteiger partial charge in [-0.05, 0) is 12.1 Å². The van der Waals surface area contributed by atoms with Crippen molar-refractivity contribution in [2.24, 2.45) is 11.7 Å². The Morgan fingerprint density at radius 1 is 1.56 bits per heavy atom. The summed E-state index contributed by atoms with van der Waals surface area (Å²) in [5.41, 5.74) is 5.62. The molecule has 6 heteroatoms. The third kappa shape index (κ3) is 3.96. The summed E-state index contributed by atoms with van der Waals surface area (Å²) in [5, 5.41) is 2.48. The number of nitrogens with zero attached hydrogens (tertiary/aromatic N) is 1. The predicted molar refractivity (Wildman–Crippen MR) is 74.0 cm³/mol. The summed E-state index contributed by atoms with van der Waals surface area (Å²) in [5.74, 6) is -0.557. The van der Waals surface area contributed by atoms with Gasteiger partial charge in [-0.15, -0.1) is 0 Å². The fourth-order valence-corrected chi connectivity index (χ4v) is 1.43. The third-order valence-electron chi connectivity index (χ3n) is 2.50. The first-order valence-corrected chi connectivity index (χ1v) is 5.88. The minimum atomic E-state index is -0.471. The van der Waals surface area contributed by atoms with Crippen LogP contribution in [0, 0.1) is 11.7 Å². The summed E-state index contributed by atoms with van der Waals surface area (Å²) in [4.78, 5) is 13.5. The lowest BCUT2D eigenvalue weighted by Gasteiger charge is -2.21. The highest BCUT2D eigenvalue weighted by molar-refractivity contribution is 7.80. The highest BCUT2D eigenvalue weighted by Crippen LogP contribution is 2.13. The van der Waals surface area contributed by atoms with Gasteiger partial charge in [0.1, 0.15) is 5.82 Å². The molecule has 0 radical (unpaired) electrons. The first-order valence-electron chi connectivity index (χ1n) is 5.47. The van der Waals surface area contributed by atoms with Crippen molar-refractivity contribution in [1.82, 2.24) is 4.90 Å². The predicted octanol–water partition coefficient (Wildman–Crippen LogP) is 2.21. The summed E-state index contributed by atoms with van der Waals surface area (Å²) in [6.07, 6.45) is 0. The monoisotopic (exact) mass is 269 g/mol. The molecular weight excluding hydrogens is 253 g/mol. The summed E-state index contributed by atoms with van der Waals surface area (Å²) in [6, 6.07) is 5.59. The molecule has 0 bridgehead atoms. The Kier molecular flexibility index (Phi) is 5.03. The molecule has 3 N–H and O–H groups in total. The third-order valence-corrected chi connectivity index (χ3v) is 2.90. The van der Waals surface area contributed by atoms with Gasteiger partial charge in [0.25, 0.3) is 0 Å². The summed E-state index contributed by atoms with van der Waals surface area (Å²) in [7, 11) is 1.60. The zero-order valence-electron chi connectivity index (χ0n) is 10.3. The van der Waals surface area contributed by atoms with Crippen molar-refractivity contribution >= 4 is 28.9 Å². The van der Waals surface area contributed by atoms with Crippen LogP contribution in [0.4, 0.5) is 14.9 Å². The van der Waals surface area contributed by atoms with Gasteiger partial charge < -0.3 is 16.0 Å². The van der Waals surface area contributed by atoms with E-state index in [1.165, 1.54) is 17.0 Å². The molecule has 0 aliphatic carbocycles. The largest absolute Gasteiger partial charge is 0.393 e. The first kappa shape index (κ1) is 14.4. The Hall–Kier alpha value is -1.69. The maximum absolute atomic E-state index is 13.3. The van der Waals surface area contributed by atoms with Crippen molar-refractivity contribution in [2.45, 2.75) is 6.92 Å². The smallest absolute Gasteiger partial charge is 0.321 e. The van der Waals surface area contributed by atoms with E-state index in [-0.39, 0.29) is 11.6 Å². The number of carbonyl (C=O) groups excluding carboxylic acids is 1. The molecule has 0 aliphatic rings. The number of hydrogen-bond donors (Lipinski definition) is 2. The SMILES string of the molecule is CC(CN(C)C(=O)Nc1ccccc1F)C(N)=S. The first-order chi connectivity index (χ1) is 8.41. The minimum Gasteiger partial charge on any atom is -0.393 e. The number of halogens is 1. The molecule has 1 aromatic carbocycles. The van der Waals surface area contributed by atoms with E-state index in [2.05, 4.69) is 5.32 Å². The average Bonchev–Trinajstić information content (AvgIpc) is 2.31. The number of rotatable bonds is 4. The van der Waals surface area contributed by atoms with Crippen molar-refractivity contribution in [1.29, 1.82) is 0 Å². The van der Waals surface area contributed by atoms with E-state index >= 15 is 0 Å². The topological polar surface area (TPSA) is 58.4 Å². The molecule has 2 amide bonds. The molecule has 1 aromatic rings. The van der Waals surface area contributed by atoms with Gasteiger partial charge in [-0.3, -0.25) is 0 Å². The molecule has 18 heavy (non-hydrogen) atoms. The number of benzene rings is 1. The molecule has 0 fully saturated rings. The van der Waals surface area contributed by atoms with Crippen LogP contribution in [0.25, 0.3) is 0 Å².